The maximum absolute atomic E-state index is 9.66. The number of terminal acetylenes is 1. The van der Waals surface area contributed by atoms with Crippen LogP contribution in [0.1, 0.15) is 24.8 Å². The van der Waals surface area contributed by atoms with Gasteiger partial charge in [-0.3, -0.25) is 0 Å². The van der Waals surface area contributed by atoms with Crippen LogP contribution in [0.3, 0.4) is 0 Å². The molecular weight excluding hydrogens is 172 g/mol. The van der Waals surface area contributed by atoms with Gasteiger partial charge < -0.3 is 5.11 Å². The first-order chi connectivity index (χ1) is 6.83. The van der Waals surface area contributed by atoms with Crippen molar-refractivity contribution in [2.75, 3.05) is 0 Å². The number of rotatable bonds is 5. The molecule has 0 aromatic heterocycles. The highest BCUT2D eigenvalue weighted by Crippen LogP contribution is 2.08. The monoisotopic (exact) mass is 188 g/mol. The van der Waals surface area contributed by atoms with Gasteiger partial charge in [0.25, 0.3) is 0 Å². The van der Waals surface area contributed by atoms with Gasteiger partial charge >= 0.3 is 0 Å². The highest BCUT2D eigenvalue weighted by atomic mass is 16.3. The standard InChI is InChI=1S/C13H16O/c1-2-3-5-10-13(14)11-12-8-6-4-7-9-12/h1,4,6-9,13-14H,3,5,10-11H2. The molecule has 0 amide bonds. The molecule has 0 saturated heterocycles. The molecule has 1 N–H and O–H groups in total. The minimum absolute atomic E-state index is 0.259. The van der Waals surface area contributed by atoms with Gasteiger partial charge in [0.2, 0.25) is 0 Å². The van der Waals surface area contributed by atoms with Crippen molar-refractivity contribution in [2.45, 2.75) is 31.8 Å². The van der Waals surface area contributed by atoms with Crippen molar-refractivity contribution in [1.82, 2.24) is 0 Å². The number of hydrogen-bond donors (Lipinski definition) is 1. The minimum Gasteiger partial charge on any atom is -0.393 e. The fraction of sp³-hybridized carbons (Fsp3) is 0.385. The van der Waals surface area contributed by atoms with Crippen LogP contribution in [-0.4, -0.2) is 11.2 Å². The molecule has 1 rings (SSSR count). The predicted octanol–water partition coefficient (Wildman–Crippen LogP) is 2.39. The maximum atomic E-state index is 9.66. The molecule has 0 radical (unpaired) electrons. The van der Waals surface area contributed by atoms with Gasteiger partial charge in [0.1, 0.15) is 0 Å². The van der Waals surface area contributed by atoms with Gasteiger partial charge in [-0.2, -0.15) is 0 Å². The Kier molecular flexibility index (Phi) is 4.82. The summed E-state index contributed by atoms with van der Waals surface area (Å²) in [6, 6.07) is 10.0. The number of aliphatic hydroxyl groups excluding tert-OH is 1. The quantitative estimate of drug-likeness (QED) is 0.555. The molecule has 1 unspecified atom stereocenters. The lowest BCUT2D eigenvalue weighted by Gasteiger charge is -2.09. The van der Waals surface area contributed by atoms with Crippen LogP contribution in [0, 0.1) is 12.3 Å². The second-order valence-electron chi connectivity index (χ2n) is 3.44. The lowest BCUT2D eigenvalue weighted by Crippen LogP contribution is -2.09. The van der Waals surface area contributed by atoms with Crippen LogP contribution in [-0.2, 0) is 6.42 Å². The Hall–Kier alpha value is -1.26. The average Bonchev–Trinajstić information content (AvgIpc) is 2.20. The predicted molar refractivity (Wildman–Crippen MR) is 58.8 cm³/mol. The van der Waals surface area contributed by atoms with Crippen molar-refractivity contribution in [3.8, 4) is 12.3 Å². The van der Waals surface area contributed by atoms with E-state index in [2.05, 4.69) is 5.92 Å². The van der Waals surface area contributed by atoms with Crippen LogP contribution in [0.5, 0.6) is 0 Å². The molecule has 0 aliphatic heterocycles. The number of unbranched alkanes of at least 4 members (excludes halogenated alkanes) is 1. The van der Waals surface area contributed by atoms with E-state index < -0.39 is 0 Å². The number of hydrogen-bond acceptors (Lipinski definition) is 1. The first kappa shape index (κ1) is 10.8. The summed E-state index contributed by atoms with van der Waals surface area (Å²) in [5.74, 6) is 2.58. The Morgan fingerprint density at radius 2 is 2.00 bits per heavy atom. The van der Waals surface area contributed by atoms with Gasteiger partial charge in [-0.15, -0.1) is 12.3 Å². The van der Waals surface area contributed by atoms with Crippen LogP contribution in [0.2, 0.25) is 0 Å². The lowest BCUT2D eigenvalue weighted by molar-refractivity contribution is 0.162. The molecule has 74 valence electrons. The molecule has 1 aromatic carbocycles. The molecule has 0 aliphatic carbocycles. The molecule has 1 aromatic rings. The summed E-state index contributed by atoms with van der Waals surface area (Å²) in [5.41, 5.74) is 1.18. The molecule has 0 fully saturated rings. The lowest BCUT2D eigenvalue weighted by atomic mass is 10.0. The SMILES string of the molecule is C#CCCCC(O)Cc1ccccc1. The van der Waals surface area contributed by atoms with Crippen molar-refractivity contribution in [3.63, 3.8) is 0 Å². The van der Waals surface area contributed by atoms with E-state index in [4.69, 9.17) is 6.42 Å². The van der Waals surface area contributed by atoms with Crippen molar-refractivity contribution >= 4 is 0 Å². The highest BCUT2D eigenvalue weighted by Gasteiger charge is 2.03. The van der Waals surface area contributed by atoms with Gasteiger partial charge in [0.05, 0.1) is 6.10 Å². The van der Waals surface area contributed by atoms with Crippen LogP contribution in [0.15, 0.2) is 30.3 Å². The maximum Gasteiger partial charge on any atom is 0.0580 e. The van der Waals surface area contributed by atoms with Gasteiger partial charge in [-0.25, -0.2) is 0 Å². The molecule has 0 saturated carbocycles. The van der Waals surface area contributed by atoms with E-state index in [0.717, 1.165) is 25.7 Å². The average molecular weight is 188 g/mol. The van der Waals surface area contributed by atoms with Gasteiger partial charge in [-0.05, 0) is 24.8 Å². The Morgan fingerprint density at radius 3 is 2.64 bits per heavy atom. The normalized spacial score (nSPS) is 12.0. The molecule has 0 bridgehead atoms. The smallest absolute Gasteiger partial charge is 0.0580 e. The number of benzene rings is 1. The third-order valence-corrected chi connectivity index (χ3v) is 2.17. The Bertz CT molecular complexity index is 284. The molecule has 1 atom stereocenters. The van der Waals surface area contributed by atoms with E-state index in [9.17, 15) is 5.11 Å². The van der Waals surface area contributed by atoms with Crippen LogP contribution in [0.4, 0.5) is 0 Å². The van der Waals surface area contributed by atoms with Crippen molar-refractivity contribution < 1.29 is 5.11 Å². The zero-order chi connectivity index (χ0) is 10.2. The first-order valence-electron chi connectivity index (χ1n) is 4.98. The summed E-state index contributed by atoms with van der Waals surface area (Å²) in [6.45, 7) is 0. The van der Waals surface area contributed by atoms with E-state index in [1.807, 2.05) is 30.3 Å². The molecule has 0 aliphatic rings. The largest absolute Gasteiger partial charge is 0.393 e. The molecule has 1 nitrogen and oxygen atoms in total. The van der Waals surface area contributed by atoms with Crippen molar-refractivity contribution in [2.24, 2.45) is 0 Å². The molecule has 14 heavy (non-hydrogen) atoms. The van der Waals surface area contributed by atoms with Gasteiger partial charge in [-0.1, -0.05) is 30.3 Å². The van der Waals surface area contributed by atoms with E-state index in [1.165, 1.54) is 5.56 Å². The molecule has 0 spiro atoms. The van der Waals surface area contributed by atoms with Crippen molar-refractivity contribution in [1.29, 1.82) is 0 Å². The summed E-state index contributed by atoms with van der Waals surface area (Å²) in [7, 11) is 0. The zero-order valence-electron chi connectivity index (χ0n) is 8.32. The molecular formula is C13H16O. The summed E-state index contributed by atoms with van der Waals surface area (Å²) in [5, 5.41) is 9.66. The minimum atomic E-state index is -0.259. The second kappa shape index (κ2) is 6.23. The summed E-state index contributed by atoms with van der Waals surface area (Å²) in [6.07, 6.45) is 8.06. The van der Waals surface area contributed by atoms with Gasteiger partial charge in [0.15, 0.2) is 0 Å². The zero-order valence-corrected chi connectivity index (χ0v) is 8.32. The second-order valence-corrected chi connectivity index (χ2v) is 3.44. The first-order valence-corrected chi connectivity index (χ1v) is 4.98. The topological polar surface area (TPSA) is 20.2 Å². The fourth-order valence-electron chi connectivity index (χ4n) is 1.43. The van der Waals surface area contributed by atoms with E-state index in [-0.39, 0.29) is 6.10 Å². The Morgan fingerprint density at radius 1 is 1.29 bits per heavy atom. The number of aliphatic hydroxyl groups is 1. The Labute approximate surface area is 85.8 Å². The van der Waals surface area contributed by atoms with E-state index in [1.54, 1.807) is 0 Å². The Balaban J connectivity index is 2.28. The van der Waals surface area contributed by atoms with Crippen LogP contribution < -0.4 is 0 Å². The van der Waals surface area contributed by atoms with Crippen molar-refractivity contribution in [3.05, 3.63) is 35.9 Å². The summed E-state index contributed by atoms with van der Waals surface area (Å²) >= 11 is 0. The summed E-state index contributed by atoms with van der Waals surface area (Å²) in [4.78, 5) is 0. The fourth-order valence-corrected chi connectivity index (χ4v) is 1.43. The molecule has 1 heteroatoms. The van der Waals surface area contributed by atoms with E-state index >= 15 is 0 Å². The van der Waals surface area contributed by atoms with Gasteiger partial charge in [0, 0.05) is 6.42 Å². The highest BCUT2D eigenvalue weighted by molar-refractivity contribution is 5.15. The molecule has 0 heterocycles. The third-order valence-electron chi connectivity index (χ3n) is 2.17. The third kappa shape index (κ3) is 4.11. The summed E-state index contributed by atoms with van der Waals surface area (Å²) < 4.78 is 0. The van der Waals surface area contributed by atoms with E-state index in [0.29, 0.717) is 0 Å². The van der Waals surface area contributed by atoms with Crippen LogP contribution in [0.25, 0.3) is 0 Å². The van der Waals surface area contributed by atoms with Crippen LogP contribution >= 0.6 is 0 Å².